The highest BCUT2D eigenvalue weighted by Crippen LogP contribution is 2.45. The molecule has 0 radical (unpaired) electrons. The maximum absolute atomic E-state index is 9.73. The topological polar surface area (TPSA) is 38.7 Å². The van der Waals surface area contributed by atoms with Crippen molar-refractivity contribution in [2.75, 3.05) is 26.9 Å². The third kappa shape index (κ3) is 1.78. The number of aliphatic hydroxyl groups excluding tert-OH is 1. The maximum Gasteiger partial charge on any atom is 0.126 e. The third-order valence-corrected chi connectivity index (χ3v) is 5.15. The lowest BCUT2D eigenvalue weighted by Crippen LogP contribution is -2.50. The molecule has 0 atom stereocenters. The SMILES string of the molecule is COc1c(C)c(C)c(Br)c(C)c1C1(CO)COC1. The van der Waals surface area contributed by atoms with Gasteiger partial charge in [0.2, 0.25) is 0 Å². The summed E-state index contributed by atoms with van der Waals surface area (Å²) in [5.41, 5.74) is 4.20. The number of rotatable bonds is 3. The van der Waals surface area contributed by atoms with Gasteiger partial charge in [0.1, 0.15) is 5.75 Å². The number of ether oxygens (including phenoxy) is 2. The second-order valence-electron chi connectivity index (χ2n) is 5.03. The lowest BCUT2D eigenvalue weighted by molar-refractivity contribution is -0.0853. The zero-order valence-corrected chi connectivity index (χ0v) is 12.8. The molecule has 1 saturated heterocycles. The van der Waals surface area contributed by atoms with Crippen LogP contribution in [0.1, 0.15) is 22.3 Å². The van der Waals surface area contributed by atoms with Crippen LogP contribution < -0.4 is 4.74 Å². The van der Waals surface area contributed by atoms with Crippen LogP contribution in [0.5, 0.6) is 5.75 Å². The van der Waals surface area contributed by atoms with Gasteiger partial charge < -0.3 is 14.6 Å². The van der Waals surface area contributed by atoms with Crippen LogP contribution in [0.3, 0.4) is 0 Å². The van der Waals surface area contributed by atoms with Crippen LogP contribution in [0.4, 0.5) is 0 Å². The number of methoxy groups -OCH3 is 1. The Kier molecular flexibility index (Phi) is 3.72. The van der Waals surface area contributed by atoms with Gasteiger partial charge >= 0.3 is 0 Å². The van der Waals surface area contributed by atoms with Crippen molar-refractivity contribution in [3.05, 3.63) is 26.7 Å². The van der Waals surface area contributed by atoms with Gasteiger partial charge in [-0.15, -0.1) is 0 Å². The van der Waals surface area contributed by atoms with Gasteiger partial charge in [-0.2, -0.15) is 0 Å². The van der Waals surface area contributed by atoms with Crippen molar-refractivity contribution in [3.63, 3.8) is 0 Å². The molecule has 1 aliphatic heterocycles. The molecule has 100 valence electrons. The van der Waals surface area contributed by atoms with Crippen LogP contribution in [0.2, 0.25) is 0 Å². The van der Waals surface area contributed by atoms with Crippen LogP contribution in [-0.2, 0) is 10.2 Å². The highest BCUT2D eigenvalue weighted by atomic mass is 79.9. The lowest BCUT2D eigenvalue weighted by atomic mass is 9.75. The summed E-state index contributed by atoms with van der Waals surface area (Å²) in [6, 6.07) is 0. The summed E-state index contributed by atoms with van der Waals surface area (Å²) >= 11 is 3.64. The Bertz CT molecular complexity index is 473. The standard InChI is InChI=1S/C14H19BrO3/c1-8-9(2)13(17-4)11(10(3)12(8)15)14(5-16)6-18-7-14/h16H,5-7H2,1-4H3. The minimum atomic E-state index is -0.309. The van der Waals surface area contributed by atoms with E-state index in [1.807, 2.05) is 6.92 Å². The molecule has 1 aromatic rings. The maximum atomic E-state index is 9.73. The van der Waals surface area contributed by atoms with Crippen LogP contribution in [0, 0.1) is 20.8 Å². The minimum Gasteiger partial charge on any atom is -0.496 e. The molecule has 0 aromatic heterocycles. The number of halogens is 1. The number of benzene rings is 1. The van der Waals surface area contributed by atoms with E-state index in [1.165, 1.54) is 5.56 Å². The molecule has 0 unspecified atom stereocenters. The molecule has 1 fully saturated rings. The first-order valence-corrected chi connectivity index (χ1v) is 6.80. The third-order valence-electron chi connectivity index (χ3n) is 3.96. The van der Waals surface area contributed by atoms with Crippen molar-refractivity contribution < 1.29 is 14.6 Å². The Hall–Kier alpha value is -0.580. The molecule has 0 amide bonds. The molecule has 0 bridgehead atoms. The Morgan fingerprint density at radius 2 is 1.83 bits per heavy atom. The van der Waals surface area contributed by atoms with Crippen molar-refractivity contribution in [3.8, 4) is 5.75 Å². The predicted octanol–water partition coefficient (Wildman–Crippen LogP) is 2.64. The van der Waals surface area contributed by atoms with Gasteiger partial charge in [-0.05, 0) is 37.5 Å². The Labute approximate surface area is 116 Å². The predicted molar refractivity (Wildman–Crippen MR) is 74.5 cm³/mol. The van der Waals surface area contributed by atoms with E-state index in [2.05, 4.69) is 29.8 Å². The van der Waals surface area contributed by atoms with Gasteiger partial charge in [0.25, 0.3) is 0 Å². The second kappa shape index (κ2) is 4.83. The zero-order valence-electron chi connectivity index (χ0n) is 11.3. The van der Waals surface area contributed by atoms with E-state index in [1.54, 1.807) is 7.11 Å². The van der Waals surface area contributed by atoms with Crippen LogP contribution >= 0.6 is 15.9 Å². The second-order valence-corrected chi connectivity index (χ2v) is 5.82. The molecule has 3 nitrogen and oxygen atoms in total. The summed E-state index contributed by atoms with van der Waals surface area (Å²) in [7, 11) is 1.68. The van der Waals surface area contributed by atoms with Crippen molar-refractivity contribution in [1.29, 1.82) is 0 Å². The van der Waals surface area contributed by atoms with Crippen molar-refractivity contribution in [2.24, 2.45) is 0 Å². The van der Waals surface area contributed by atoms with Crippen LogP contribution in [-0.4, -0.2) is 32.0 Å². The molecular formula is C14H19BrO3. The summed E-state index contributed by atoms with van der Waals surface area (Å²) in [5.74, 6) is 0.880. The molecule has 1 aliphatic rings. The summed E-state index contributed by atoms with van der Waals surface area (Å²) in [5, 5.41) is 9.73. The summed E-state index contributed by atoms with van der Waals surface area (Å²) in [4.78, 5) is 0. The molecule has 18 heavy (non-hydrogen) atoms. The van der Waals surface area contributed by atoms with Crippen molar-refractivity contribution in [1.82, 2.24) is 0 Å². The summed E-state index contributed by atoms with van der Waals surface area (Å²) < 4.78 is 12.0. The Morgan fingerprint density at radius 3 is 2.22 bits per heavy atom. The van der Waals surface area contributed by atoms with Crippen molar-refractivity contribution >= 4 is 15.9 Å². The molecule has 1 N–H and O–H groups in total. The van der Waals surface area contributed by atoms with E-state index in [0.29, 0.717) is 13.2 Å². The number of aliphatic hydroxyl groups is 1. The number of hydrogen-bond acceptors (Lipinski definition) is 3. The highest BCUT2D eigenvalue weighted by Gasteiger charge is 2.44. The number of hydrogen-bond donors (Lipinski definition) is 1. The van der Waals surface area contributed by atoms with Gasteiger partial charge in [0.15, 0.2) is 0 Å². The van der Waals surface area contributed by atoms with E-state index in [0.717, 1.165) is 26.9 Å². The highest BCUT2D eigenvalue weighted by molar-refractivity contribution is 9.10. The largest absolute Gasteiger partial charge is 0.496 e. The zero-order chi connectivity index (χ0) is 13.5. The van der Waals surface area contributed by atoms with Crippen molar-refractivity contribution in [2.45, 2.75) is 26.2 Å². The van der Waals surface area contributed by atoms with Gasteiger partial charge in [-0.25, -0.2) is 0 Å². The van der Waals surface area contributed by atoms with E-state index in [9.17, 15) is 5.11 Å². The smallest absolute Gasteiger partial charge is 0.126 e. The normalized spacial score (nSPS) is 17.4. The minimum absolute atomic E-state index is 0.0825. The van der Waals surface area contributed by atoms with Crippen LogP contribution in [0.15, 0.2) is 4.47 Å². The molecule has 2 rings (SSSR count). The fraction of sp³-hybridized carbons (Fsp3) is 0.571. The van der Waals surface area contributed by atoms with E-state index < -0.39 is 0 Å². The monoisotopic (exact) mass is 314 g/mol. The molecule has 1 aromatic carbocycles. The first-order valence-electron chi connectivity index (χ1n) is 6.01. The molecule has 1 heterocycles. The first-order chi connectivity index (χ1) is 8.48. The van der Waals surface area contributed by atoms with Gasteiger partial charge in [-0.3, -0.25) is 0 Å². The van der Waals surface area contributed by atoms with Gasteiger partial charge in [0.05, 0.1) is 32.3 Å². The van der Waals surface area contributed by atoms with E-state index in [-0.39, 0.29) is 12.0 Å². The average Bonchev–Trinajstić information content (AvgIpc) is 2.32. The Morgan fingerprint density at radius 1 is 1.22 bits per heavy atom. The van der Waals surface area contributed by atoms with Crippen LogP contribution in [0.25, 0.3) is 0 Å². The lowest BCUT2D eigenvalue weighted by Gasteiger charge is -2.42. The average molecular weight is 315 g/mol. The molecular weight excluding hydrogens is 296 g/mol. The molecule has 0 spiro atoms. The quantitative estimate of drug-likeness (QED) is 0.932. The molecule has 0 saturated carbocycles. The molecule has 0 aliphatic carbocycles. The van der Waals surface area contributed by atoms with Gasteiger partial charge in [-0.1, -0.05) is 15.9 Å². The summed E-state index contributed by atoms with van der Waals surface area (Å²) in [6.45, 7) is 7.36. The first kappa shape index (κ1) is 13.8. The fourth-order valence-corrected chi connectivity index (χ4v) is 3.14. The summed E-state index contributed by atoms with van der Waals surface area (Å²) in [6.07, 6.45) is 0. The molecule has 4 heteroatoms. The van der Waals surface area contributed by atoms with E-state index >= 15 is 0 Å². The Balaban J connectivity index is 2.73. The fourth-order valence-electron chi connectivity index (χ4n) is 2.64. The van der Waals surface area contributed by atoms with Gasteiger partial charge in [0, 0.05) is 10.0 Å². The van der Waals surface area contributed by atoms with E-state index in [4.69, 9.17) is 9.47 Å².